The van der Waals surface area contributed by atoms with Crippen LogP contribution in [0.15, 0.2) is 29.3 Å². The van der Waals surface area contributed by atoms with Gasteiger partial charge in [0.2, 0.25) is 0 Å². The van der Waals surface area contributed by atoms with E-state index in [0.717, 1.165) is 17.7 Å². The number of ketones is 1. The van der Waals surface area contributed by atoms with Crippen molar-refractivity contribution in [3.05, 3.63) is 29.8 Å². The van der Waals surface area contributed by atoms with Crippen molar-refractivity contribution < 1.29 is 4.79 Å². The highest BCUT2D eigenvalue weighted by Gasteiger charge is 2.11. The molecule has 0 amide bonds. The van der Waals surface area contributed by atoms with Gasteiger partial charge in [-0.3, -0.25) is 9.79 Å². The Bertz CT molecular complexity index is 341. The van der Waals surface area contributed by atoms with E-state index >= 15 is 0 Å². The van der Waals surface area contributed by atoms with Crippen molar-refractivity contribution in [3.63, 3.8) is 0 Å². The molecule has 0 saturated carbocycles. The molecular formula is C10H9NO. The molecule has 1 aliphatic rings. The van der Waals surface area contributed by atoms with E-state index < -0.39 is 0 Å². The maximum absolute atomic E-state index is 11.4. The summed E-state index contributed by atoms with van der Waals surface area (Å²) < 4.78 is 0. The predicted molar refractivity (Wildman–Crippen MR) is 48.2 cm³/mol. The fourth-order valence-corrected chi connectivity index (χ4v) is 1.32. The third kappa shape index (κ3) is 1.16. The van der Waals surface area contributed by atoms with Crippen LogP contribution < -0.4 is 0 Å². The smallest absolute Gasteiger partial charge is 0.165 e. The average Bonchev–Trinajstić information content (AvgIpc) is 2.29. The fraction of sp³-hybridized carbons (Fsp3) is 0.200. The minimum Gasteiger partial charge on any atom is -0.294 e. The molecule has 2 heteroatoms. The number of carbonyl (C=O) groups excluding carboxylic acids is 1. The second kappa shape index (κ2) is 2.89. The number of aliphatic imine (C=N–C) groups is 1. The minimum atomic E-state index is 0.197. The number of rotatable bonds is 0. The van der Waals surface area contributed by atoms with E-state index in [1.165, 1.54) is 0 Å². The zero-order valence-electron chi connectivity index (χ0n) is 6.66. The van der Waals surface area contributed by atoms with E-state index in [9.17, 15) is 4.79 Å². The van der Waals surface area contributed by atoms with Gasteiger partial charge in [-0.15, -0.1) is 0 Å². The molecule has 0 N–H and O–H groups in total. The lowest BCUT2D eigenvalue weighted by atomic mass is 10.1. The van der Waals surface area contributed by atoms with Crippen LogP contribution in [-0.4, -0.2) is 12.0 Å². The Labute approximate surface area is 70.9 Å². The molecule has 0 spiro atoms. The molecule has 0 saturated heterocycles. The van der Waals surface area contributed by atoms with Crippen LogP contribution in [0.1, 0.15) is 23.2 Å². The molecule has 0 bridgehead atoms. The number of carbonyl (C=O) groups is 1. The summed E-state index contributed by atoms with van der Waals surface area (Å²) in [5.74, 6) is 0.197. The van der Waals surface area contributed by atoms with Crippen LogP contribution in [-0.2, 0) is 0 Å². The monoisotopic (exact) mass is 159 g/mol. The molecule has 1 aromatic carbocycles. The summed E-state index contributed by atoms with van der Waals surface area (Å²) in [5.41, 5.74) is 1.56. The van der Waals surface area contributed by atoms with Crippen molar-refractivity contribution in [2.75, 3.05) is 0 Å². The average molecular weight is 159 g/mol. The molecule has 1 aliphatic heterocycles. The molecule has 60 valence electrons. The first-order valence-corrected chi connectivity index (χ1v) is 4.03. The largest absolute Gasteiger partial charge is 0.294 e. The summed E-state index contributed by atoms with van der Waals surface area (Å²) in [6.07, 6.45) is 3.15. The number of para-hydroxylation sites is 1. The number of hydrogen-bond acceptors (Lipinski definition) is 2. The highest BCUT2D eigenvalue weighted by molar-refractivity contribution is 6.02. The quantitative estimate of drug-likeness (QED) is 0.571. The van der Waals surface area contributed by atoms with Crippen LogP contribution >= 0.6 is 0 Å². The summed E-state index contributed by atoms with van der Waals surface area (Å²) >= 11 is 0. The summed E-state index contributed by atoms with van der Waals surface area (Å²) in [7, 11) is 0. The first kappa shape index (κ1) is 7.22. The number of Topliss-reactive ketones (excluding diaryl/α,β-unsaturated/α-hetero) is 1. The Hall–Kier alpha value is -1.44. The van der Waals surface area contributed by atoms with E-state index in [2.05, 4.69) is 4.99 Å². The summed E-state index contributed by atoms with van der Waals surface area (Å²) in [6.45, 7) is 0. The van der Waals surface area contributed by atoms with Gasteiger partial charge in [0.15, 0.2) is 5.78 Å². The van der Waals surface area contributed by atoms with Crippen LogP contribution in [0.4, 0.5) is 5.69 Å². The predicted octanol–water partition coefficient (Wildman–Crippen LogP) is 2.37. The first-order valence-electron chi connectivity index (χ1n) is 4.03. The van der Waals surface area contributed by atoms with Gasteiger partial charge in [0, 0.05) is 18.2 Å². The highest BCUT2D eigenvalue weighted by atomic mass is 16.1. The normalized spacial score (nSPS) is 15.5. The van der Waals surface area contributed by atoms with Crippen LogP contribution in [0.3, 0.4) is 0 Å². The molecule has 0 radical (unpaired) electrons. The molecule has 0 unspecified atom stereocenters. The molecule has 0 fully saturated rings. The lowest BCUT2D eigenvalue weighted by Gasteiger charge is -1.98. The Morgan fingerprint density at radius 1 is 1.25 bits per heavy atom. The lowest BCUT2D eigenvalue weighted by Crippen LogP contribution is -1.96. The minimum absolute atomic E-state index is 0.197. The SMILES string of the molecule is O=C1CCC=Nc2ccccc21. The van der Waals surface area contributed by atoms with Crippen LogP contribution in [0.2, 0.25) is 0 Å². The van der Waals surface area contributed by atoms with Gasteiger partial charge in [0.1, 0.15) is 0 Å². The topological polar surface area (TPSA) is 29.4 Å². The van der Waals surface area contributed by atoms with E-state index in [-0.39, 0.29) is 5.78 Å². The second-order valence-electron chi connectivity index (χ2n) is 2.79. The number of fused-ring (bicyclic) bond motifs is 1. The van der Waals surface area contributed by atoms with Crippen LogP contribution in [0.25, 0.3) is 0 Å². The molecule has 2 nitrogen and oxygen atoms in total. The van der Waals surface area contributed by atoms with Gasteiger partial charge in [-0.25, -0.2) is 0 Å². The van der Waals surface area contributed by atoms with Gasteiger partial charge in [-0.2, -0.15) is 0 Å². The summed E-state index contributed by atoms with van der Waals surface area (Å²) in [4.78, 5) is 15.6. The van der Waals surface area contributed by atoms with E-state index in [4.69, 9.17) is 0 Å². The third-order valence-corrected chi connectivity index (χ3v) is 1.94. The zero-order chi connectivity index (χ0) is 8.39. The Balaban J connectivity index is 2.56. The zero-order valence-corrected chi connectivity index (χ0v) is 6.66. The van der Waals surface area contributed by atoms with Crippen LogP contribution in [0.5, 0.6) is 0 Å². The third-order valence-electron chi connectivity index (χ3n) is 1.94. The fourth-order valence-electron chi connectivity index (χ4n) is 1.32. The highest BCUT2D eigenvalue weighted by Crippen LogP contribution is 2.22. The Morgan fingerprint density at radius 3 is 3.00 bits per heavy atom. The summed E-state index contributed by atoms with van der Waals surface area (Å²) in [6, 6.07) is 7.47. The Morgan fingerprint density at radius 2 is 2.08 bits per heavy atom. The first-order chi connectivity index (χ1) is 5.88. The lowest BCUT2D eigenvalue weighted by molar-refractivity contribution is 0.0986. The molecule has 0 atom stereocenters. The van der Waals surface area contributed by atoms with E-state index in [1.807, 2.05) is 30.5 Å². The van der Waals surface area contributed by atoms with Crippen molar-refractivity contribution in [3.8, 4) is 0 Å². The van der Waals surface area contributed by atoms with Gasteiger partial charge in [0.25, 0.3) is 0 Å². The van der Waals surface area contributed by atoms with Gasteiger partial charge < -0.3 is 0 Å². The van der Waals surface area contributed by atoms with Gasteiger partial charge in [-0.05, 0) is 18.6 Å². The number of nitrogens with zero attached hydrogens (tertiary/aromatic N) is 1. The molecule has 0 aliphatic carbocycles. The Kier molecular flexibility index (Phi) is 1.74. The number of benzene rings is 1. The molecule has 1 heterocycles. The molecule has 2 rings (SSSR count). The van der Waals surface area contributed by atoms with Crippen molar-refractivity contribution in [1.82, 2.24) is 0 Å². The maximum atomic E-state index is 11.4. The van der Waals surface area contributed by atoms with Gasteiger partial charge in [-0.1, -0.05) is 12.1 Å². The maximum Gasteiger partial charge on any atom is 0.165 e. The molecular weight excluding hydrogens is 150 g/mol. The van der Waals surface area contributed by atoms with Crippen molar-refractivity contribution in [2.45, 2.75) is 12.8 Å². The molecule has 12 heavy (non-hydrogen) atoms. The van der Waals surface area contributed by atoms with Crippen molar-refractivity contribution >= 4 is 17.7 Å². The van der Waals surface area contributed by atoms with Gasteiger partial charge in [0.05, 0.1) is 5.69 Å². The van der Waals surface area contributed by atoms with E-state index in [0.29, 0.717) is 6.42 Å². The standard InChI is InChI=1S/C10H9NO/c12-10-6-3-7-11-9-5-2-1-4-8(9)10/h1-2,4-5,7H,3,6H2. The number of hydrogen-bond donors (Lipinski definition) is 0. The van der Waals surface area contributed by atoms with Gasteiger partial charge >= 0.3 is 0 Å². The summed E-state index contributed by atoms with van der Waals surface area (Å²) in [5, 5.41) is 0. The molecule has 0 aromatic heterocycles. The van der Waals surface area contributed by atoms with Crippen molar-refractivity contribution in [1.29, 1.82) is 0 Å². The van der Waals surface area contributed by atoms with Crippen LogP contribution in [0, 0.1) is 0 Å². The molecule has 1 aromatic rings. The second-order valence-corrected chi connectivity index (χ2v) is 2.79. The van der Waals surface area contributed by atoms with Crippen molar-refractivity contribution in [2.24, 2.45) is 4.99 Å². The van der Waals surface area contributed by atoms with E-state index in [1.54, 1.807) is 0 Å².